The zero-order valence-corrected chi connectivity index (χ0v) is 11.8. The fourth-order valence-corrected chi connectivity index (χ4v) is 2.96. The van der Waals surface area contributed by atoms with Gasteiger partial charge in [-0.3, -0.25) is 0 Å². The van der Waals surface area contributed by atoms with Gasteiger partial charge in [0, 0.05) is 5.69 Å². The van der Waals surface area contributed by atoms with E-state index in [4.69, 9.17) is 10.5 Å². The second kappa shape index (κ2) is 6.09. The van der Waals surface area contributed by atoms with Gasteiger partial charge in [-0.2, -0.15) is 0 Å². The molecule has 0 spiro atoms. The first-order chi connectivity index (χ1) is 9.13. The monoisotopic (exact) mass is 261 g/mol. The number of carbonyl (C=O) groups excluding carboxylic acids is 1. The van der Waals surface area contributed by atoms with Crippen molar-refractivity contribution in [3.63, 3.8) is 0 Å². The average Bonchev–Trinajstić information content (AvgIpc) is 2.39. The lowest BCUT2D eigenvalue weighted by atomic mass is 9.84. The maximum Gasteiger partial charge on any atom is 0.340 e. The summed E-state index contributed by atoms with van der Waals surface area (Å²) in [4.78, 5) is 12.3. The molecular weight excluding hydrogens is 238 g/mol. The lowest BCUT2D eigenvalue weighted by Gasteiger charge is -2.30. The van der Waals surface area contributed by atoms with E-state index in [1.165, 1.54) is 6.42 Å². The Kier molecular flexibility index (Phi) is 4.46. The SMILES string of the molecule is CCC1CCCCC1OC(=O)c1c(C)cccc1N. The number of rotatable bonds is 3. The third-order valence-corrected chi connectivity index (χ3v) is 4.13. The van der Waals surface area contributed by atoms with E-state index in [1.807, 2.05) is 19.1 Å². The summed E-state index contributed by atoms with van der Waals surface area (Å²) in [6.07, 6.45) is 5.68. The van der Waals surface area contributed by atoms with Crippen LogP contribution in [0.4, 0.5) is 5.69 Å². The second-order valence-corrected chi connectivity index (χ2v) is 5.44. The number of nitrogen functional groups attached to an aromatic ring is 1. The molecule has 1 aliphatic rings. The highest BCUT2D eigenvalue weighted by atomic mass is 16.5. The lowest BCUT2D eigenvalue weighted by Crippen LogP contribution is -2.30. The molecule has 1 fully saturated rings. The standard InChI is InChI=1S/C16H23NO2/c1-3-12-8-4-5-10-14(12)19-16(18)15-11(2)7-6-9-13(15)17/h6-7,9,12,14H,3-5,8,10,17H2,1-2H3. The van der Waals surface area contributed by atoms with Crippen LogP contribution in [0.5, 0.6) is 0 Å². The van der Waals surface area contributed by atoms with Crippen molar-refractivity contribution in [1.29, 1.82) is 0 Å². The van der Waals surface area contributed by atoms with E-state index in [-0.39, 0.29) is 12.1 Å². The minimum atomic E-state index is -0.263. The van der Waals surface area contributed by atoms with E-state index in [1.54, 1.807) is 6.07 Å². The number of hydrogen-bond acceptors (Lipinski definition) is 3. The summed E-state index contributed by atoms with van der Waals surface area (Å²) < 4.78 is 5.72. The summed E-state index contributed by atoms with van der Waals surface area (Å²) in [5.41, 5.74) is 7.82. The Morgan fingerprint density at radius 1 is 1.37 bits per heavy atom. The molecule has 2 unspecified atom stereocenters. The molecule has 19 heavy (non-hydrogen) atoms. The van der Waals surface area contributed by atoms with Gasteiger partial charge in [0.25, 0.3) is 0 Å². The Balaban J connectivity index is 2.12. The molecule has 1 saturated carbocycles. The van der Waals surface area contributed by atoms with Crippen LogP contribution in [0.1, 0.15) is 54.9 Å². The molecule has 0 amide bonds. The van der Waals surface area contributed by atoms with Gasteiger partial charge in [-0.05, 0) is 50.2 Å². The van der Waals surface area contributed by atoms with Gasteiger partial charge >= 0.3 is 5.97 Å². The first-order valence-corrected chi connectivity index (χ1v) is 7.19. The third kappa shape index (κ3) is 3.09. The molecular formula is C16H23NO2. The quantitative estimate of drug-likeness (QED) is 0.666. The number of ether oxygens (including phenoxy) is 1. The maximum absolute atomic E-state index is 12.3. The van der Waals surface area contributed by atoms with Gasteiger partial charge in [-0.15, -0.1) is 0 Å². The molecule has 0 aliphatic heterocycles. The molecule has 0 saturated heterocycles. The minimum Gasteiger partial charge on any atom is -0.458 e. The molecule has 2 atom stereocenters. The summed E-state index contributed by atoms with van der Waals surface area (Å²) in [7, 11) is 0. The fourth-order valence-electron chi connectivity index (χ4n) is 2.96. The molecule has 2 N–H and O–H groups in total. The second-order valence-electron chi connectivity index (χ2n) is 5.44. The largest absolute Gasteiger partial charge is 0.458 e. The minimum absolute atomic E-state index is 0.0604. The van der Waals surface area contributed by atoms with Crippen molar-refractivity contribution in [2.24, 2.45) is 5.92 Å². The van der Waals surface area contributed by atoms with Crippen LogP contribution in [0.3, 0.4) is 0 Å². The highest BCUT2D eigenvalue weighted by Crippen LogP contribution is 2.30. The fraction of sp³-hybridized carbons (Fsp3) is 0.562. The number of hydrogen-bond donors (Lipinski definition) is 1. The predicted molar refractivity (Wildman–Crippen MR) is 77.0 cm³/mol. The first-order valence-electron chi connectivity index (χ1n) is 7.19. The highest BCUT2D eigenvalue weighted by molar-refractivity contribution is 5.96. The summed E-state index contributed by atoms with van der Waals surface area (Å²) in [5, 5.41) is 0. The van der Waals surface area contributed by atoms with E-state index >= 15 is 0 Å². The van der Waals surface area contributed by atoms with E-state index < -0.39 is 0 Å². The zero-order chi connectivity index (χ0) is 13.8. The van der Waals surface area contributed by atoms with Gasteiger partial charge in [0.05, 0.1) is 5.56 Å². The zero-order valence-electron chi connectivity index (χ0n) is 11.8. The van der Waals surface area contributed by atoms with Gasteiger partial charge in [0.2, 0.25) is 0 Å². The number of carbonyl (C=O) groups is 1. The number of anilines is 1. The van der Waals surface area contributed by atoms with Crippen molar-refractivity contribution < 1.29 is 9.53 Å². The molecule has 0 radical (unpaired) electrons. The van der Waals surface area contributed by atoms with Crippen molar-refractivity contribution in [3.05, 3.63) is 29.3 Å². The highest BCUT2D eigenvalue weighted by Gasteiger charge is 2.28. The molecule has 0 heterocycles. The predicted octanol–water partition coefficient (Wildman–Crippen LogP) is 3.70. The number of nitrogens with two attached hydrogens (primary N) is 1. The molecule has 1 aliphatic carbocycles. The van der Waals surface area contributed by atoms with Crippen LogP contribution < -0.4 is 5.73 Å². The van der Waals surface area contributed by atoms with Crippen LogP contribution in [0, 0.1) is 12.8 Å². The Bertz CT molecular complexity index is 436. The van der Waals surface area contributed by atoms with Gasteiger partial charge in [0.15, 0.2) is 0 Å². The number of aryl methyl sites for hydroxylation is 1. The number of benzene rings is 1. The molecule has 104 valence electrons. The van der Waals surface area contributed by atoms with E-state index in [0.717, 1.165) is 31.2 Å². The normalized spacial score (nSPS) is 23.1. The van der Waals surface area contributed by atoms with E-state index in [0.29, 0.717) is 17.2 Å². The summed E-state index contributed by atoms with van der Waals surface area (Å²) in [5.74, 6) is 0.240. The Morgan fingerprint density at radius 2 is 2.11 bits per heavy atom. The number of esters is 1. The molecule has 0 bridgehead atoms. The summed E-state index contributed by atoms with van der Waals surface area (Å²) in [6, 6.07) is 5.50. The van der Waals surface area contributed by atoms with Crippen molar-refractivity contribution in [3.8, 4) is 0 Å². The van der Waals surface area contributed by atoms with Gasteiger partial charge in [-0.25, -0.2) is 4.79 Å². The Hall–Kier alpha value is -1.51. The molecule has 1 aromatic carbocycles. The Morgan fingerprint density at radius 3 is 2.79 bits per heavy atom. The molecule has 1 aromatic rings. The molecule has 3 heteroatoms. The summed E-state index contributed by atoms with van der Waals surface area (Å²) in [6.45, 7) is 4.06. The molecule has 0 aromatic heterocycles. The maximum atomic E-state index is 12.3. The van der Waals surface area contributed by atoms with Crippen LogP contribution in [-0.4, -0.2) is 12.1 Å². The summed E-state index contributed by atoms with van der Waals surface area (Å²) >= 11 is 0. The van der Waals surface area contributed by atoms with Gasteiger partial charge < -0.3 is 10.5 Å². The van der Waals surface area contributed by atoms with Crippen LogP contribution in [-0.2, 0) is 4.74 Å². The van der Waals surface area contributed by atoms with Crippen molar-refractivity contribution in [2.75, 3.05) is 5.73 Å². The van der Waals surface area contributed by atoms with Crippen LogP contribution in [0.2, 0.25) is 0 Å². The first kappa shape index (κ1) is 13.9. The van der Waals surface area contributed by atoms with Gasteiger partial charge in [0.1, 0.15) is 6.10 Å². The van der Waals surface area contributed by atoms with Crippen molar-refractivity contribution >= 4 is 11.7 Å². The van der Waals surface area contributed by atoms with Crippen LogP contribution in [0.15, 0.2) is 18.2 Å². The van der Waals surface area contributed by atoms with Crippen molar-refractivity contribution in [1.82, 2.24) is 0 Å². The smallest absolute Gasteiger partial charge is 0.340 e. The topological polar surface area (TPSA) is 52.3 Å². The van der Waals surface area contributed by atoms with E-state index in [9.17, 15) is 4.79 Å². The van der Waals surface area contributed by atoms with Crippen LogP contribution in [0.25, 0.3) is 0 Å². The van der Waals surface area contributed by atoms with Gasteiger partial charge in [-0.1, -0.05) is 25.5 Å². The van der Waals surface area contributed by atoms with Crippen LogP contribution >= 0.6 is 0 Å². The average molecular weight is 261 g/mol. The molecule has 2 rings (SSSR count). The Labute approximate surface area is 115 Å². The van der Waals surface area contributed by atoms with Crippen molar-refractivity contribution in [2.45, 2.75) is 52.1 Å². The third-order valence-electron chi connectivity index (χ3n) is 4.13. The van der Waals surface area contributed by atoms with E-state index in [2.05, 4.69) is 6.92 Å². The molecule has 3 nitrogen and oxygen atoms in total. The lowest BCUT2D eigenvalue weighted by molar-refractivity contribution is 0.000752.